The van der Waals surface area contributed by atoms with Crippen molar-refractivity contribution in [3.05, 3.63) is 93.7 Å². The Labute approximate surface area is 221 Å². The molecule has 2 N–H and O–H groups in total. The largest absolute Gasteiger partial charge is 0.416 e. The number of fused-ring (bicyclic) bond motifs is 1. The number of nitrogens with one attached hydrogen (secondary N) is 1. The van der Waals surface area contributed by atoms with Gasteiger partial charge >= 0.3 is 6.18 Å². The molecule has 4 rings (SSSR count). The maximum atomic E-state index is 13.2. The quantitative estimate of drug-likeness (QED) is 0.373. The molecule has 0 saturated heterocycles. The molecule has 0 saturated carbocycles. The molecule has 1 aliphatic carbocycles. The molecular weight excluding hydrogens is 491 g/mol. The second-order valence-electron chi connectivity index (χ2n) is 10.7. The van der Waals surface area contributed by atoms with E-state index in [1.807, 2.05) is 30.3 Å². The van der Waals surface area contributed by atoms with Gasteiger partial charge in [0.25, 0.3) is 0 Å². The lowest BCUT2D eigenvalue weighted by molar-refractivity contribution is -0.137. The fourth-order valence-corrected chi connectivity index (χ4v) is 5.60. The van der Waals surface area contributed by atoms with Crippen LogP contribution in [0, 0.1) is 5.92 Å². The lowest BCUT2D eigenvalue weighted by atomic mass is 9.96. The van der Waals surface area contributed by atoms with E-state index in [0.29, 0.717) is 31.5 Å². The fourth-order valence-electron chi connectivity index (χ4n) is 5.60. The summed E-state index contributed by atoms with van der Waals surface area (Å²) in [5.74, 6) is -0.0929. The summed E-state index contributed by atoms with van der Waals surface area (Å²) in [5.41, 5.74) is 3.70. The van der Waals surface area contributed by atoms with Crippen molar-refractivity contribution in [1.82, 2.24) is 10.2 Å². The van der Waals surface area contributed by atoms with Gasteiger partial charge in [0.05, 0.1) is 29.4 Å². The summed E-state index contributed by atoms with van der Waals surface area (Å²) >= 11 is 0. The zero-order chi connectivity index (χ0) is 27.7. The third kappa shape index (κ3) is 5.76. The molecule has 0 radical (unpaired) electrons. The standard InChI is InChI=1S/C30H34F3N3O2/c1-19(2)27-26(34-4)24(17-36(27)16-21-9-11-25(12-10-21)30(31,32)33)13-20(3)28(38)35-29(18-37)14-22-7-5-6-8-23(22)15-29/h5-13,19,27,37H,4,14-18H2,1-3H3,(H,35,38)/b20-13+/t27-/m0/s1. The molecule has 38 heavy (non-hydrogen) atoms. The SMILES string of the molecule is C=NC1=C(/C=C(\C)C(=O)NC2(CO)Cc3ccccc3C2)CN(Cc2ccc(C(F)(F)F)cc2)[C@H]1C(C)C. The first-order valence-corrected chi connectivity index (χ1v) is 12.7. The van der Waals surface area contributed by atoms with E-state index in [0.717, 1.165) is 40.1 Å². The number of amides is 1. The average Bonchev–Trinajstić information content (AvgIpc) is 3.41. The van der Waals surface area contributed by atoms with Crippen LogP contribution >= 0.6 is 0 Å². The lowest BCUT2D eigenvalue weighted by Crippen LogP contribution is -2.52. The van der Waals surface area contributed by atoms with Crippen molar-refractivity contribution in [2.75, 3.05) is 13.2 Å². The summed E-state index contributed by atoms with van der Waals surface area (Å²) < 4.78 is 38.9. The van der Waals surface area contributed by atoms with Crippen molar-refractivity contribution < 1.29 is 23.1 Å². The number of alkyl halides is 3. The number of carbonyl (C=O) groups is 1. The number of aliphatic hydroxyl groups is 1. The molecule has 2 aromatic carbocycles. The van der Waals surface area contributed by atoms with Gasteiger partial charge in [0.2, 0.25) is 5.91 Å². The van der Waals surface area contributed by atoms with Crippen LogP contribution in [0.4, 0.5) is 13.2 Å². The zero-order valence-corrected chi connectivity index (χ0v) is 22.0. The van der Waals surface area contributed by atoms with E-state index >= 15 is 0 Å². The maximum Gasteiger partial charge on any atom is 0.416 e. The molecule has 0 bridgehead atoms. The van der Waals surface area contributed by atoms with Gasteiger partial charge in [0, 0.05) is 18.7 Å². The van der Waals surface area contributed by atoms with Crippen LogP contribution in [0.2, 0.25) is 0 Å². The Morgan fingerprint density at radius 2 is 1.79 bits per heavy atom. The highest BCUT2D eigenvalue weighted by Crippen LogP contribution is 2.35. The highest BCUT2D eigenvalue weighted by molar-refractivity contribution is 5.94. The van der Waals surface area contributed by atoms with E-state index in [9.17, 15) is 23.1 Å². The number of halogens is 3. The van der Waals surface area contributed by atoms with Gasteiger partial charge < -0.3 is 10.4 Å². The average molecular weight is 526 g/mol. The highest BCUT2D eigenvalue weighted by atomic mass is 19.4. The van der Waals surface area contributed by atoms with E-state index in [1.54, 1.807) is 6.92 Å². The van der Waals surface area contributed by atoms with Crippen molar-refractivity contribution >= 4 is 12.6 Å². The smallest absolute Gasteiger partial charge is 0.394 e. The Balaban J connectivity index is 1.52. The van der Waals surface area contributed by atoms with Crippen LogP contribution in [0.3, 0.4) is 0 Å². The summed E-state index contributed by atoms with van der Waals surface area (Å²) in [6, 6.07) is 13.1. The summed E-state index contributed by atoms with van der Waals surface area (Å²) in [6.45, 7) is 10.4. The second-order valence-corrected chi connectivity index (χ2v) is 10.7. The molecule has 8 heteroatoms. The monoisotopic (exact) mass is 525 g/mol. The Morgan fingerprint density at radius 3 is 2.29 bits per heavy atom. The first-order valence-electron chi connectivity index (χ1n) is 12.7. The van der Waals surface area contributed by atoms with Gasteiger partial charge in [-0.3, -0.25) is 14.7 Å². The van der Waals surface area contributed by atoms with Crippen LogP contribution in [-0.4, -0.2) is 47.4 Å². The van der Waals surface area contributed by atoms with Gasteiger partial charge in [0.15, 0.2) is 0 Å². The van der Waals surface area contributed by atoms with Crippen LogP contribution in [0.5, 0.6) is 0 Å². The molecular formula is C30H34F3N3O2. The second kappa shape index (κ2) is 10.9. The number of rotatable bonds is 8. The van der Waals surface area contributed by atoms with Crippen LogP contribution in [0.25, 0.3) is 0 Å². The minimum Gasteiger partial charge on any atom is -0.394 e. The number of hydrogen-bond acceptors (Lipinski definition) is 4. The molecule has 2 aromatic rings. The van der Waals surface area contributed by atoms with E-state index in [4.69, 9.17) is 0 Å². The molecule has 1 aliphatic heterocycles. The lowest BCUT2D eigenvalue weighted by Gasteiger charge is -2.29. The van der Waals surface area contributed by atoms with Crippen LogP contribution in [-0.2, 0) is 30.4 Å². The molecule has 0 spiro atoms. The Hall–Kier alpha value is -3.23. The number of benzene rings is 2. The predicted octanol–water partition coefficient (Wildman–Crippen LogP) is 5.09. The van der Waals surface area contributed by atoms with E-state index in [1.165, 1.54) is 12.1 Å². The Bertz CT molecular complexity index is 1240. The summed E-state index contributed by atoms with van der Waals surface area (Å²) in [4.78, 5) is 19.7. The van der Waals surface area contributed by atoms with E-state index in [-0.39, 0.29) is 24.5 Å². The van der Waals surface area contributed by atoms with E-state index < -0.39 is 17.3 Å². The molecule has 1 heterocycles. The zero-order valence-electron chi connectivity index (χ0n) is 22.0. The number of carbonyl (C=O) groups excluding carboxylic acids is 1. The minimum atomic E-state index is -4.37. The topological polar surface area (TPSA) is 64.9 Å². The predicted molar refractivity (Wildman–Crippen MR) is 143 cm³/mol. The molecule has 0 fully saturated rings. The molecule has 202 valence electrons. The molecule has 0 aromatic heterocycles. The molecule has 1 atom stereocenters. The van der Waals surface area contributed by atoms with Crippen LogP contribution < -0.4 is 5.32 Å². The van der Waals surface area contributed by atoms with Crippen LogP contribution in [0.1, 0.15) is 43.0 Å². The normalized spacial score (nSPS) is 19.7. The van der Waals surface area contributed by atoms with Gasteiger partial charge in [-0.25, -0.2) is 0 Å². The fraction of sp³-hybridized carbons (Fsp3) is 0.400. The van der Waals surface area contributed by atoms with Crippen molar-refractivity contribution in [3.63, 3.8) is 0 Å². The van der Waals surface area contributed by atoms with Crippen molar-refractivity contribution in [1.29, 1.82) is 0 Å². The van der Waals surface area contributed by atoms with Gasteiger partial charge in [-0.2, -0.15) is 13.2 Å². The van der Waals surface area contributed by atoms with Crippen LogP contribution in [0.15, 0.2) is 76.4 Å². The first kappa shape index (κ1) is 27.8. The summed E-state index contributed by atoms with van der Waals surface area (Å²) in [5, 5.41) is 13.2. The van der Waals surface area contributed by atoms with Crippen molar-refractivity contribution in [3.8, 4) is 0 Å². The number of hydrogen-bond donors (Lipinski definition) is 2. The third-order valence-electron chi connectivity index (χ3n) is 7.45. The summed E-state index contributed by atoms with van der Waals surface area (Å²) in [7, 11) is 0. The Kier molecular flexibility index (Phi) is 7.95. The van der Waals surface area contributed by atoms with Gasteiger partial charge in [-0.05, 0) is 72.9 Å². The minimum absolute atomic E-state index is 0.0926. The first-order chi connectivity index (χ1) is 18.0. The number of aliphatic imine (C=N–C) groups is 1. The highest BCUT2D eigenvalue weighted by Gasteiger charge is 2.39. The number of nitrogens with zero attached hydrogens (tertiary/aromatic N) is 2. The molecule has 0 unspecified atom stereocenters. The molecule has 1 amide bonds. The van der Waals surface area contributed by atoms with Crippen molar-refractivity contribution in [2.45, 2.75) is 57.9 Å². The van der Waals surface area contributed by atoms with Gasteiger partial charge in [-0.15, -0.1) is 0 Å². The third-order valence-corrected chi connectivity index (χ3v) is 7.45. The van der Waals surface area contributed by atoms with Gasteiger partial charge in [-0.1, -0.05) is 50.2 Å². The van der Waals surface area contributed by atoms with Crippen molar-refractivity contribution in [2.24, 2.45) is 10.9 Å². The summed E-state index contributed by atoms with van der Waals surface area (Å²) in [6.07, 6.45) is -1.43. The Morgan fingerprint density at radius 1 is 1.18 bits per heavy atom. The van der Waals surface area contributed by atoms with E-state index in [2.05, 4.69) is 35.8 Å². The number of aliphatic hydroxyl groups excluding tert-OH is 1. The molecule has 5 nitrogen and oxygen atoms in total. The maximum absolute atomic E-state index is 13.2. The van der Waals surface area contributed by atoms with Gasteiger partial charge in [0.1, 0.15) is 0 Å². The molecule has 2 aliphatic rings.